The summed E-state index contributed by atoms with van der Waals surface area (Å²) in [5.41, 5.74) is 1.90. The van der Waals surface area contributed by atoms with Crippen LogP contribution in [-0.2, 0) is 9.09 Å². The summed E-state index contributed by atoms with van der Waals surface area (Å²) in [7, 11) is -2.84. The van der Waals surface area contributed by atoms with E-state index in [0.717, 1.165) is 11.1 Å². The monoisotopic (exact) mass is 409 g/mol. The van der Waals surface area contributed by atoms with Crippen molar-refractivity contribution >= 4 is 13.3 Å². The van der Waals surface area contributed by atoms with Crippen LogP contribution in [0.4, 0.5) is 0 Å². The van der Waals surface area contributed by atoms with Gasteiger partial charge in [0.25, 0.3) is 5.91 Å². The van der Waals surface area contributed by atoms with E-state index in [1.165, 1.54) is 12.4 Å². The van der Waals surface area contributed by atoms with Gasteiger partial charge in [-0.3, -0.25) is 13.9 Å². The summed E-state index contributed by atoms with van der Waals surface area (Å²) in [6.07, 6.45) is 2.94. The van der Waals surface area contributed by atoms with Crippen LogP contribution in [-0.4, -0.2) is 28.2 Å². The SMILES string of the molecule is CCP(=O)(CC)OC(NC(=O)c1cnc(-c2ccccc2)nc1)c1ccccc1. The minimum atomic E-state index is -2.84. The zero-order valence-corrected chi connectivity index (χ0v) is 17.4. The second-order valence-corrected chi connectivity index (χ2v) is 9.58. The standard InChI is InChI=1S/C22H24N3O3P/c1-3-29(27,4-2)28-22(18-13-9-6-10-14-18)25-21(26)19-15-23-20(24-16-19)17-11-7-5-8-12-17/h5-16,22H,3-4H2,1-2H3,(H,25,26). The molecule has 7 heteroatoms. The van der Waals surface area contributed by atoms with E-state index in [0.29, 0.717) is 23.7 Å². The van der Waals surface area contributed by atoms with Gasteiger partial charge in [0.05, 0.1) is 5.56 Å². The summed E-state index contributed by atoms with van der Waals surface area (Å²) in [6, 6.07) is 18.8. The van der Waals surface area contributed by atoms with E-state index >= 15 is 0 Å². The lowest BCUT2D eigenvalue weighted by Gasteiger charge is -2.24. The Balaban J connectivity index is 1.80. The number of aromatic nitrogens is 2. The molecular formula is C22H24N3O3P. The number of carbonyl (C=O) groups is 1. The quantitative estimate of drug-likeness (QED) is 0.422. The number of hydrogen-bond acceptors (Lipinski definition) is 5. The van der Waals surface area contributed by atoms with Crippen LogP contribution in [0.3, 0.4) is 0 Å². The molecule has 29 heavy (non-hydrogen) atoms. The van der Waals surface area contributed by atoms with E-state index in [9.17, 15) is 9.36 Å². The Hall–Kier alpha value is -2.82. The van der Waals surface area contributed by atoms with E-state index < -0.39 is 19.5 Å². The maximum atomic E-state index is 12.9. The molecule has 0 bridgehead atoms. The predicted molar refractivity (Wildman–Crippen MR) is 114 cm³/mol. The molecule has 3 aromatic rings. The highest BCUT2D eigenvalue weighted by atomic mass is 31.2. The topological polar surface area (TPSA) is 81.2 Å². The van der Waals surface area contributed by atoms with Crippen LogP contribution in [0.5, 0.6) is 0 Å². The largest absolute Gasteiger partial charge is 0.322 e. The van der Waals surface area contributed by atoms with Crippen LogP contribution >= 0.6 is 7.37 Å². The zero-order valence-electron chi connectivity index (χ0n) is 16.5. The third-order valence-corrected chi connectivity index (χ3v) is 7.09. The van der Waals surface area contributed by atoms with E-state index in [2.05, 4.69) is 15.3 Å². The van der Waals surface area contributed by atoms with Crippen molar-refractivity contribution in [1.29, 1.82) is 0 Å². The summed E-state index contributed by atoms with van der Waals surface area (Å²) in [5.74, 6) is 0.150. The first-order chi connectivity index (χ1) is 14.0. The third-order valence-electron chi connectivity index (χ3n) is 4.57. The Morgan fingerprint density at radius 1 is 0.966 bits per heavy atom. The third kappa shape index (κ3) is 5.37. The van der Waals surface area contributed by atoms with Crippen LogP contribution in [0.2, 0.25) is 0 Å². The molecule has 0 spiro atoms. The van der Waals surface area contributed by atoms with Crippen molar-refractivity contribution < 1.29 is 13.9 Å². The number of nitrogens with one attached hydrogen (secondary N) is 1. The van der Waals surface area contributed by atoms with Gasteiger partial charge in [-0.1, -0.05) is 74.5 Å². The van der Waals surface area contributed by atoms with Crippen LogP contribution in [0.15, 0.2) is 73.1 Å². The number of carbonyl (C=O) groups excluding carboxylic acids is 1. The minimum absolute atomic E-state index is 0.303. The van der Waals surface area contributed by atoms with Crippen LogP contribution in [0, 0.1) is 0 Å². The molecule has 1 atom stereocenters. The molecule has 0 aliphatic heterocycles. The predicted octanol–water partition coefficient (Wildman–Crippen LogP) is 4.91. The van der Waals surface area contributed by atoms with E-state index in [1.54, 1.807) is 0 Å². The molecule has 0 aliphatic rings. The van der Waals surface area contributed by atoms with Gasteiger partial charge >= 0.3 is 0 Å². The molecule has 1 unspecified atom stereocenters. The zero-order chi connectivity index (χ0) is 20.7. The Kier molecular flexibility index (Phi) is 6.91. The molecule has 1 amide bonds. The molecular weight excluding hydrogens is 385 g/mol. The first-order valence-electron chi connectivity index (χ1n) is 9.54. The van der Waals surface area contributed by atoms with Crippen molar-refractivity contribution in [1.82, 2.24) is 15.3 Å². The molecule has 0 radical (unpaired) electrons. The summed E-state index contributed by atoms with van der Waals surface area (Å²) >= 11 is 0. The fraction of sp³-hybridized carbons (Fsp3) is 0.227. The van der Waals surface area contributed by atoms with Gasteiger partial charge in [0, 0.05) is 35.8 Å². The van der Waals surface area contributed by atoms with Crippen molar-refractivity contribution in [3.63, 3.8) is 0 Å². The summed E-state index contributed by atoms with van der Waals surface area (Å²) < 4.78 is 18.7. The highest BCUT2D eigenvalue weighted by molar-refractivity contribution is 7.58. The molecule has 0 fully saturated rings. The van der Waals surface area contributed by atoms with Gasteiger partial charge in [0.1, 0.15) is 0 Å². The number of nitrogens with zero attached hydrogens (tertiary/aromatic N) is 2. The van der Waals surface area contributed by atoms with Crippen molar-refractivity contribution in [2.24, 2.45) is 0 Å². The van der Waals surface area contributed by atoms with Gasteiger partial charge < -0.3 is 5.32 Å². The highest BCUT2D eigenvalue weighted by Crippen LogP contribution is 2.49. The smallest absolute Gasteiger partial charge is 0.256 e. The number of amides is 1. The van der Waals surface area contributed by atoms with Gasteiger partial charge in [0.2, 0.25) is 7.37 Å². The highest BCUT2D eigenvalue weighted by Gasteiger charge is 2.26. The fourth-order valence-electron chi connectivity index (χ4n) is 2.75. The Bertz CT molecular complexity index is 971. The average molecular weight is 409 g/mol. The molecule has 150 valence electrons. The minimum Gasteiger partial charge on any atom is -0.322 e. The Morgan fingerprint density at radius 3 is 2.07 bits per heavy atom. The van der Waals surface area contributed by atoms with Crippen LogP contribution < -0.4 is 5.32 Å². The van der Waals surface area contributed by atoms with E-state index in [1.807, 2.05) is 74.5 Å². The first-order valence-corrected chi connectivity index (χ1v) is 11.5. The van der Waals surface area contributed by atoms with Crippen LogP contribution in [0.1, 0.15) is 36.0 Å². The van der Waals surface area contributed by atoms with Crippen molar-refractivity contribution in [3.8, 4) is 11.4 Å². The summed E-state index contributed by atoms with van der Waals surface area (Å²) in [4.78, 5) is 21.4. The second kappa shape index (κ2) is 9.59. The van der Waals surface area contributed by atoms with Crippen molar-refractivity contribution in [2.75, 3.05) is 12.3 Å². The normalized spacial score (nSPS) is 12.3. The van der Waals surface area contributed by atoms with Gasteiger partial charge in [-0.05, 0) is 0 Å². The molecule has 1 aromatic heterocycles. The number of hydrogen-bond donors (Lipinski definition) is 1. The van der Waals surface area contributed by atoms with Crippen LogP contribution in [0.25, 0.3) is 11.4 Å². The lowest BCUT2D eigenvalue weighted by Crippen LogP contribution is -2.30. The van der Waals surface area contributed by atoms with Gasteiger partial charge in [-0.15, -0.1) is 0 Å². The Labute approximate surface area is 170 Å². The molecule has 3 rings (SSSR count). The summed E-state index contributed by atoms with van der Waals surface area (Å²) in [5, 5.41) is 2.82. The average Bonchev–Trinajstić information content (AvgIpc) is 2.79. The van der Waals surface area contributed by atoms with E-state index in [-0.39, 0.29) is 0 Å². The van der Waals surface area contributed by atoms with E-state index in [4.69, 9.17) is 4.52 Å². The lowest BCUT2D eigenvalue weighted by molar-refractivity contribution is 0.0833. The molecule has 0 saturated heterocycles. The van der Waals surface area contributed by atoms with Crippen molar-refractivity contribution in [2.45, 2.75) is 20.1 Å². The fourth-order valence-corrected chi connectivity index (χ4v) is 4.05. The van der Waals surface area contributed by atoms with Gasteiger partial charge in [-0.2, -0.15) is 0 Å². The molecule has 0 saturated carbocycles. The maximum Gasteiger partial charge on any atom is 0.256 e. The number of rotatable bonds is 8. The number of benzene rings is 2. The molecule has 1 N–H and O–H groups in total. The molecule has 1 heterocycles. The lowest BCUT2D eigenvalue weighted by atomic mass is 10.2. The first kappa shape index (κ1) is 20.9. The maximum absolute atomic E-state index is 12.9. The van der Waals surface area contributed by atoms with Crippen molar-refractivity contribution in [3.05, 3.63) is 84.2 Å². The Morgan fingerprint density at radius 2 is 1.52 bits per heavy atom. The summed E-state index contributed by atoms with van der Waals surface area (Å²) in [6.45, 7) is 3.65. The second-order valence-electron chi connectivity index (χ2n) is 6.48. The van der Waals surface area contributed by atoms with Gasteiger partial charge in [0.15, 0.2) is 12.1 Å². The molecule has 2 aromatic carbocycles. The molecule has 0 aliphatic carbocycles. The molecule has 6 nitrogen and oxygen atoms in total. The van der Waals surface area contributed by atoms with Gasteiger partial charge in [-0.25, -0.2) is 9.97 Å².